The smallest absolute Gasteiger partial charge is 0.294 e. The van der Waals surface area contributed by atoms with Crippen LogP contribution >= 0.6 is 11.3 Å². The number of nitrogens with zero attached hydrogens (tertiary/aromatic N) is 2. The van der Waals surface area contributed by atoms with Crippen molar-refractivity contribution in [1.82, 2.24) is 10.4 Å². The summed E-state index contributed by atoms with van der Waals surface area (Å²) in [5.41, 5.74) is 3.10. The summed E-state index contributed by atoms with van der Waals surface area (Å²) in [7, 11) is 1.50. The Morgan fingerprint density at radius 3 is 3.00 bits per heavy atom. The Kier molecular flexibility index (Phi) is 4.71. The molecule has 0 aliphatic rings. The van der Waals surface area contributed by atoms with Crippen molar-refractivity contribution in [2.75, 3.05) is 7.11 Å². The standard InChI is InChI=1S/C13H12N4O3S/c1-19-11-4-8(5-14)2-3-10(11)20-6-9-7-21-13(16-9)12(18)17-15/h2-4,7H,6,15H2,1H3,(H,17,18). The third-order valence-corrected chi connectivity index (χ3v) is 3.44. The average molecular weight is 304 g/mol. The molecule has 1 aromatic carbocycles. The maximum atomic E-state index is 11.3. The molecule has 1 aromatic heterocycles. The summed E-state index contributed by atoms with van der Waals surface area (Å²) < 4.78 is 10.7. The van der Waals surface area contributed by atoms with Gasteiger partial charge < -0.3 is 9.47 Å². The van der Waals surface area contributed by atoms with Gasteiger partial charge in [-0.05, 0) is 12.1 Å². The van der Waals surface area contributed by atoms with Crippen molar-refractivity contribution >= 4 is 17.2 Å². The number of rotatable bonds is 5. The second-order valence-electron chi connectivity index (χ2n) is 3.88. The number of ether oxygens (including phenoxy) is 2. The van der Waals surface area contributed by atoms with E-state index in [9.17, 15) is 4.79 Å². The van der Waals surface area contributed by atoms with Gasteiger partial charge >= 0.3 is 0 Å². The molecule has 1 amide bonds. The lowest BCUT2D eigenvalue weighted by Gasteiger charge is -2.09. The Balaban J connectivity index is 2.08. The molecule has 2 rings (SSSR count). The molecule has 0 bridgehead atoms. The molecular formula is C13H12N4O3S. The predicted octanol–water partition coefficient (Wildman–Crippen LogP) is 1.21. The summed E-state index contributed by atoms with van der Waals surface area (Å²) in [6.45, 7) is 0.177. The fourth-order valence-electron chi connectivity index (χ4n) is 1.55. The minimum atomic E-state index is -0.442. The van der Waals surface area contributed by atoms with Gasteiger partial charge in [-0.2, -0.15) is 5.26 Å². The van der Waals surface area contributed by atoms with Crippen LogP contribution in [0.15, 0.2) is 23.6 Å². The van der Waals surface area contributed by atoms with Gasteiger partial charge in [0.15, 0.2) is 16.5 Å². The third-order valence-electron chi connectivity index (χ3n) is 2.55. The lowest BCUT2D eigenvalue weighted by atomic mass is 10.2. The summed E-state index contributed by atoms with van der Waals surface area (Å²) in [5, 5.41) is 10.8. The van der Waals surface area contributed by atoms with Crippen LogP contribution in [-0.4, -0.2) is 18.0 Å². The number of amides is 1. The molecule has 7 nitrogen and oxygen atoms in total. The number of nitrogen functional groups attached to an aromatic ring is 1. The van der Waals surface area contributed by atoms with Crippen LogP contribution < -0.4 is 20.7 Å². The lowest BCUT2D eigenvalue weighted by Crippen LogP contribution is -2.29. The third kappa shape index (κ3) is 3.47. The van der Waals surface area contributed by atoms with Crippen LogP contribution in [0.25, 0.3) is 0 Å². The highest BCUT2D eigenvalue weighted by Crippen LogP contribution is 2.28. The molecular weight excluding hydrogens is 292 g/mol. The molecule has 0 atom stereocenters. The van der Waals surface area contributed by atoms with Crippen molar-refractivity contribution < 1.29 is 14.3 Å². The first-order valence-corrected chi connectivity index (χ1v) is 6.72. The number of hydrazine groups is 1. The van der Waals surface area contributed by atoms with E-state index in [-0.39, 0.29) is 11.6 Å². The van der Waals surface area contributed by atoms with Crippen molar-refractivity contribution in [3.05, 3.63) is 39.8 Å². The van der Waals surface area contributed by atoms with Crippen LogP contribution in [0.3, 0.4) is 0 Å². The minimum Gasteiger partial charge on any atom is -0.493 e. The topological polar surface area (TPSA) is 110 Å². The number of benzene rings is 1. The number of aromatic nitrogens is 1. The summed E-state index contributed by atoms with van der Waals surface area (Å²) in [5.74, 6) is 5.55. The van der Waals surface area contributed by atoms with E-state index in [0.717, 1.165) is 0 Å². The number of methoxy groups -OCH3 is 1. The zero-order chi connectivity index (χ0) is 15.2. The van der Waals surface area contributed by atoms with Gasteiger partial charge in [0, 0.05) is 11.4 Å². The summed E-state index contributed by atoms with van der Waals surface area (Å²) in [6, 6.07) is 6.89. The highest BCUT2D eigenvalue weighted by molar-refractivity contribution is 7.11. The normalized spacial score (nSPS) is 9.76. The van der Waals surface area contributed by atoms with Crippen molar-refractivity contribution in [1.29, 1.82) is 5.26 Å². The van der Waals surface area contributed by atoms with Crippen LogP contribution in [0.2, 0.25) is 0 Å². The fraction of sp³-hybridized carbons (Fsp3) is 0.154. The number of hydrogen-bond donors (Lipinski definition) is 2. The zero-order valence-corrected chi connectivity index (χ0v) is 11.9. The Hall–Kier alpha value is -2.63. The molecule has 21 heavy (non-hydrogen) atoms. The van der Waals surface area contributed by atoms with Gasteiger partial charge in [-0.3, -0.25) is 10.2 Å². The van der Waals surface area contributed by atoms with E-state index >= 15 is 0 Å². The molecule has 0 unspecified atom stereocenters. The molecule has 108 valence electrons. The molecule has 0 fully saturated rings. The zero-order valence-electron chi connectivity index (χ0n) is 11.1. The Bertz CT molecular complexity index is 693. The van der Waals surface area contributed by atoms with E-state index < -0.39 is 5.91 Å². The number of nitriles is 1. The number of nitrogens with one attached hydrogen (secondary N) is 1. The van der Waals surface area contributed by atoms with Gasteiger partial charge in [-0.15, -0.1) is 11.3 Å². The molecule has 0 aliphatic carbocycles. The van der Waals surface area contributed by atoms with Crippen LogP contribution in [0.4, 0.5) is 0 Å². The van der Waals surface area contributed by atoms with Gasteiger partial charge in [0.25, 0.3) is 5.91 Å². The Morgan fingerprint density at radius 2 is 2.33 bits per heavy atom. The first-order valence-electron chi connectivity index (χ1n) is 5.84. The van der Waals surface area contributed by atoms with Gasteiger partial charge in [-0.1, -0.05) is 0 Å². The molecule has 1 heterocycles. The average Bonchev–Trinajstić information content (AvgIpc) is 3.00. The molecule has 0 radical (unpaired) electrons. The highest BCUT2D eigenvalue weighted by Gasteiger charge is 2.11. The molecule has 0 spiro atoms. The lowest BCUT2D eigenvalue weighted by molar-refractivity contribution is 0.0953. The van der Waals surface area contributed by atoms with Crippen LogP contribution in [-0.2, 0) is 6.61 Å². The summed E-state index contributed by atoms with van der Waals surface area (Å²) >= 11 is 1.18. The van der Waals surface area contributed by atoms with Crippen molar-refractivity contribution in [3.8, 4) is 17.6 Å². The molecule has 8 heteroatoms. The fourth-order valence-corrected chi connectivity index (χ4v) is 2.25. The van der Waals surface area contributed by atoms with Crippen LogP contribution in [0.1, 0.15) is 21.1 Å². The minimum absolute atomic E-state index is 0.177. The second-order valence-corrected chi connectivity index (χ2v) is 4.74. The number of thiazole rings is 1. The predicted molar refractivity (Wildman–Crippen MR) is 75.8 cm³/mol. The molecule has 0 saturated heterocycles. The molecule has 0 aliphatic heterocycles. The Morgan fingerprint density at radius 1 is 1.52 bits per heavy atom. The quantitative estimate of drug-likeness (QED) is 0.488. The highest BCUT2D eigenvalue weighted by atomic mass is 32.1. The van der Waals surface area contributed by atoms with Crippen molar-refractivity contribution in [2.24, 2.45) is 5.84 Å². The Labute approximate surface area is 124 Å². The first-order chi connectivity index (χ1) is 10.2. The first kappa shape index (κ1) is 14.8. The van der Waals surface area contributed by atoms with Crippen molar-refractivity contribution in [3.63, 3.8) is 0 Å². The number of nitrogens with two attached hydrogens (primary N) is 1. The number of carbonyl (C=O) groups is 1. The van der Waals surface area contributed by atoms with E-state index in [1.807, 2.05) is 11.5 Å². The molecule has 2 aromatic rings. The SMILES string of the molecule is COc1cc(C#N)ccc1OCc1csc(C(=O)NN)n1. The molecule has 0 saturated carbocycles. The van der Waals surface area contributed by atoms with E-state index in [1.165, 1.54) is 18.4 Å². The maximum Gasteiger partial charge on any atom is 0.294 e. The van der Waals surface area contributed by atoms with Gasteiger partial charge in [0.2, 0.25) is 0 Å². The van der Waals surface area contributed by atoms with Gasteiger partial charge in [0.1, 0.15) is 6.61 Å². The largest absolute Gasteiger partial charge is 0.493 e. The van der Waals surface area contributed by atoms with E-state index in [4.69, 9.17) is 20.6 Å². The van der Waals surface area contributed by atoms with E-state index in [2.05, 4.69) is 4.98 Å². The van der Waals surface area contributed by atoms with Gasteiger partial charge in [-0.25, -0.2) is 10.8 Å². The van der Waals surface area contributed by atoms with Crippen LogP contribution in [0.5, 0.6) is 11.5 Å². The van der Waals surface area contributed by atoms with E-state index in [1.54, 1.807) is 23.6 Å². The molecule has 3 N–H and O–H groups in total. The number of carbonyl (C=O) groups excluding carboxylic acids is 1. The van der Waals surface area contributed by atoms with Gasteiger partial charge in [0.05, 0.1) is 24.4 Å². The second kappa shape index (κ2) is 6.69. The van der Waals surface area contributed by atoms with Crippen LogP contribution in [0, 0.1) is 11.3 Å². The van der Waals surface area contributed by atoms with E-state index in [0.29, 0.717) is 22.8 Å². The monoisotopic (exact) mass is 304 g/mol. The van der Waals surface area contributed by atoms with Crippen molar-refractivity contribution in [2.45, 2.75) is 6.61 Å². The maximum absolute atomic E-state index is 11.3. The number of hydrogen-bond acceptors (Lipinski definition) is 7. The summed E-state index contributed by atoms with van der Waals surface area (Å²) in [4.78, 5) is 15.4. The summed E-state index contributed by atoms with van der Waals surface area (Å²) in [6.07, 6.45) is 0.